The van der Waals surface area contributed by atoms with E-state index < -0.39 is 5.92 Å². The van der Waals surface area contributed by atoms with Gasteiger partial charge in [0.25, 0.3) is 0 Å². The Hall–Kier alpha value is -3.52. The minimum absolute atomic E-state index is 0.302. The van der Waals surface area contributed by atoms with Gasteiger partial charge in [0.05, 0.1) is 23.6 Å². The van der Waals surface area contributed by atoms with E-state index in [9.17, 15) is 10.1 Å². The van der Waals surface area contributed by atoms with Crippen LogP contribution < -0.4 is 0 Å². The predicted octanol–water partition coefficient (Wildman–Crippen LogP) is 3.16. The van der Waals surface area contributed by atoms with Crippen LogP contribution in [0.25, 0.3) is 11.8 Å². The normalized spacial score (nSPS) is 12.0. The molecule has 0 radical (unpaired) electrons. The second kappa shape index (κ2) is 7.16. The van der Waals surface area contributed by atoms with E-state index in [1.165, 1.54) is 6.08 Å². The largest absolute Gasteiger partial charge is 0.293 e. The lowest BCUT2D eigenvalue weighted by Gasteiger charge is -2.03. The molecule has 0 aliphatic heterocycles. The van der Waals surface area contributed by atoms with Crippen LogP contribution in [0.3, 0.4) is 0 Å². The van der Waals surface area contributed by atoms with E-state index in [1.807, 2.05) is 42.6 Å². The van der Waals surface area contributed by atoms with Gasteiger partial charge in [0, 0.05) is 18.0 Å². The molecule has 5 nitrogen and oxygen atoms in total. The van der Waals surface area contributed by atoms with Crippen molar-refractivity contribution in [1.29, 1.82) is 5.26 Å². The van der Waals surface area contributed by atoms with Gasteiger partial charge in [-0.3, -0.25) is 9.78 Å². The van der Waals surface area contributed by atoms with Gasteiger partial charge < -0.3 is 0 Å². The summed E-state index contributed by atoms with van der Waals surface area (Å²) in [4.78, 5) is 16.3. The van der Waals surface area contributed by atoms with Crippen LogP contribution in [-0.2, 0) is 4.79 Å². The minimum Gasteiger partial charge on any atom is -0.293 e. The van der Waals surface area contributed by atoms with Gasteiger partial charge in [-0.25, -0.2) is 4.68 Å². The number of allylic oxidation sites excluding steroid dienone is 1. The molecule has 0 spiro atoms. The number of hydrogen-bond acceptors (Lipinski definition) is 4. The number of nitrogens with zero attached hydrogens (tertiary/aromatic N) is 4. The number of rotatable bonds is 5. The summed E-state index contributed by atoms with van der Waals surface area (Å²) in [6.45, 7) is 0. The van der Waals surface area contributed by atoms with E-state index in [0.29, 0.717) is 5.69 Å². The SMILES string of the molecule is N#C[C@H](C(=O)/C=C\c1cnn(-c2ccccc2)c1)c1ccccn1. The lowest BCUT2D eigenvalue weighted by molar-refractivity contribution is -0.114. The molecule has 0 bridgehead atoms. The van der Waals surface area contributed by atoms with Crippen LogP contribution in [0, 0.1) is 11.3 Å². The van der Waals surface area contributed by atoms with Crippen molar-refractivity contribution >= 4 is 11.9 Å². The molecule has 2 aromatic heterocycles. The molecular weight excluding hydrogens is 300 g/mol. The fourth-order valence-corrected chi connectivity index (χ4v) is 2.24. The summed E-state index contributed by atoms with van der Waals surface area (Å²) in [6, 6.07) is 16.9. The van der Waals surface area contributed by atoms with Crippen molar-refractivity contribution in [1.82, 2.24) is 14.8 Å². The summed E-state index contributed by atoms with van der Waals surface area (Å²) < 4.78 is 1.73. The predicted molar refractivity (Wildman–Crippen MR) is 90.2 cm³/mol. The third-order valence-electron chi connectivity index (χ3n) is 3.46. The van der Waals surface area contributed by atoms with Gasteiger partial charge in [-0.05, 0) is 36.4 Å². The molecule has 0 saturated carbocycles. The number of pyridine rings is 1. The lowest BCUT2D eigenvalue weighted by atomic mass is 10.0. The summed E-state index contributed by atoms with van der Waals surface area (Å²) in [6.07, 6.45) is 8.11. The van der Waals surface area contributed by atoms with Gasteiger partial charge in [-0.1, -0.05) is 24.3 Å². The third-order valence-corrected chi connectivity index (χ3v) is 3.46. The number of aromatic nitrogens is 3. The molecule has 3 aromatic rings. The number of nitriles is 1. The second-order valence-corrected chi connectivity index (χ2v) is 5.11. The lowest BCUT2D eigenvalue weighted by Crippen LogP contribution is -2.09. The molecule has 116 valence electrons. The molecule has 0 unspecified atom stereocenters. The van der Waals surface area contributed by atoms with Gasteiger partial charge in [-0.15, -0.1) is 0 Å². The van der Waals surface area contributed by atoms with Gasteiger partial charge in [0.15, 0.2) is 11.7 Å². The highest BCUT2D eigenvalue weighted by Gasteiger charge is 2.18. The van der Waals surface area contributed by atoms with Crippen LogP contribution in [0.4, 0.5) is 0 Å². The Morgan fingerprint density at radius 3 is 2.67 bits per heavy atom. The molecule has 0 fully saturated rings. The average Bonchev–Trinajstić information content (AvgIpc) is 3.11. The number of ketones is 1. The number of carbonyl (C=O) groups is 1. The van der Waals surface area contributed by atoms with E-state index in [2.05, 4.69) is 10.1 Å². The summed E-state index contributed by atoms with van der Waals surface area (Å²) >= 11 is 0. The monoisotopic (exact) mass is 314 g/mol. The highest BCUT2D eigenvalue weighted by atomic mass is 16.1. The standard InChI is InChI=1S/C19H14N4O/c20-12-17(18-8-4-5-11-21-18)19(24)10-9-15-13-22-23(14-15)16-6-2-1-3-7-16/h1-11,13-14,17H/b10-9-/t17-/m0/s1. The maximum Gasteiger partial charge on any atom is 0.178 e. The zero-order valence-electron chi connectivity index (χ0n) is 12.8. The van der Waals surface area contributed by atoms with Gasteiger partial charge in [-0.2, -0.15) is 10.4 Å². The first-order valence-electron chi connectivity index (χ1n) is 7.40. The first-order valence-corrected chi connectivity index (χ1v) is 7.40. The first kappa shape index (κ1) is 15.4. The molecule has 0 aliphatic rings. The van der Waals surface area contributed by atoms with Gasteiger partial charge >= 0.3 is 0 Å². The Morgan fingerprint density at radius 1 is 1.17 bits per heavy atom. The topological polar surface area (TPSA) is 71.6 Å². The molecular formula is C19H14N4O. The van der Waals surface area contributed by atoms with Crippen LogP contribution in [0.5, 0.6) is 0 Å². The quantitative estimate of drug-likeness (QED) is 0.678. The highest BCUT2D eigenvalue weighted by molar-refractivity contribution is 6.00. The van der Waals surface area contributed by atoms with Crippen molar-refractivity contribution in [2.24, 2.45) is 0 Å². The van der Waals surface area contributed by atoms with Crippen LogP contribution in [0.1, 0.15) is 17.2 Å². The van der Waals surface area contributed by atoms with E-state index in [-0.39, 0.29) is 5.78 Å². The molecule has 1 atom stereocenters. The molecule has 1 aromatic carbocycles. The summed E-state index contributed by atoms with van der Waals surface area (Å²) in [7, 11) is 0. The second-order valence-electron chi connectivity index (χ2n) is 5.11. The molecule has 5 heteroatoms. The zero-order chi connectivity index (χ0) is 16.8. The maximum atomic E-state index is 12.2. The van der Waals surface area contributed by atoms with E-state index in [1.54, 1.807) is 41.4 Å². The molecule has 0 amide bonds. The van der Waals surface area contributed by atoms with Crippen molar-refractivity contribution in [2.45, 2.75) is 5.92 Å². The van der Waals surface area contributed by atoms with E-state index in [0.717, 1.165) is 11.3 Å². The fraction of sp³-hybridized carbons (Fsp3) is 0.0526. The summed E-state index contributed by atoms with van der Waals surface area (Å²) in [5.74, 6) is -1.20. The zero-order valence-corrected chi connectivity index (χ0v) is 12.8. The number of carbonyl (C=O) groups excluding carboxylic acids is 1. The third kappa shape index (κ3) is 3.45. The molecule has 2 heterocycles. The Balaban J connectivity index is 1.75. The van der Waals surface area contributed by atoms with Gasteiger partial charge in [0.1, 0.15) is 0 Å². The molecule has 0 aliphatic carbocycles. The molecule has 0 N–H and O–H groups in total. The Kier molecular flexibility index (Phi) is 4.59. The number of para-hydroxylation sites is 1. The van der Waals surface area contributed by atoms with Gasteiger partial charge in [0.2, 0.25) is 0 Å². The number of benzene rings is 1. The maximum absolute atomic E-state index is 12.2. The van der Waals surface area contributed by atoms with Crippen LogP contribution in [-0.4, -0.2) is 20.5 Å². The first-order chi connectivity index (χ1) is 11.8. The smallest absolute Gasteiger partial charge is 0.178 e. The van der Waals surface area contributed by atoms with Crippen LogP contribution in [0.2, 0.25) is 0 Å². The Labute approximate surface area is 139 Å². The van der Waals surface area contributed by atoms with E-state index in [4.69, 9.17) is 0 Å². The van der Waals surface area contributed by atoms with Crippen molar-refractivity contribution in [2.75, 3.05) is 0 Å². The van der Waals surface area contributed by atoms with Crippen molar-refractivity contribution in [3.05, 3.63) is 84.5 Å². The molecule has 0 saturated heterocycles. The molecule has 3 rings (SSSR count). The summed E-state index contributed by atoms with van der Waals surface area (Å²) in [5, 5.41) is 13.5. The number of hydrogen-bond donors (Lipinski definition) is 0. The molecule has 24 heavy (non-hydrogen) atoms. The summed E-state index contributed by atoms with van der Waals surface area (Å²) in [5.41, 5.74) is 2.17. The highest BCUT2D eigenvalue weighted by Crippen LogP contribution is 2.15. The van der Waals surface area contributed by atoms with E-state index >= 15 is 0 Å². The fourth-order valence-electron chi connectivity index (χ4n) is 2.24. The Bertz CT molecular complexity index is 892. The average molecular weight is 314 g/mol. The van der Waals surface area contributed by atoms with Crippen LogP contribution in [0.15, 0.2) is 73.2 Å². The minimum atomic E-state index is -0.897. The van der Waals surface area contributed by atoms with Crippen LogP contribution >= 0.6 is 0 Å². The van der Waals surface area contributed by atoms with Crippen molar-refractivity contribution in [3.8, 4) is 11.8 Å². The van der Waals surface area contributed by atoms with Crippen molar-refractivity contribution in [3.63, 3.8) is 0 Å². The van der Waals surface area contributed by atoms with Crippen molar-refractivity contribution < 1.29 is 4.79 Å². The Morgan fingerprint density at radius 2 is 1.96 bits per heavy atom.